The Hall–Kier alpha value is -3.22. The first-order chi connectivity index (χ1) is 12.9. The fourth-order valence-electron chi connectivity index (χ4n) is 2.38. The van der Waals surface area contributed by atoms with Gasteiger partial charge in [0.05, 0.1) is 19.9 Å². The summed E-state index contributed by atoms with van der Waals surface area (Å²) in [7, 11) is 3.01. The van der Waals surface area contributed by atoms with Gasteiger partial charge >= 0.3 is 0 Å². The molecule has 0 aliphatic heterocycles. The molecule has 0 unspecified atom stereocenters. The Morgan fingerprint density at radius 3 is 2.33 bits per heavy atom. The molecule has 2 N–H and O–H groups in total. The normalized spacial score (nSPS) is 10.3. The van der Waals surface area contributed by atoms with Crippen molar-refractivity contribution < 1.29 is 23.8 Å². The highest BCUT2D eigenvalue weighted by atomic mass is 16.5. The third kappa shape index (κ3) is 5.64. The van der Waals surface area contributed by atoms with Gasteiger partial charge in [0, 0.05) is 11.6 Å². The maximum absolute atomic E-state index is 12.5. The minimum Gasteiger partial charge on any atom is -0.495 e. The second-order valence-corrected chi connectivity index (χ2v) is 6.03. The number of para-hydroxylation sites is 2. The van der Waals surface area contributed by atoms with Crippen LogP contribution in [0.2, 0.25) is 0 Å². The number of anilines is 1. The molecule has 0 radical (unpaired) electrons. The van der Waals surface area contributed by atoms with Crippen molar-refractivity contribution in [3.8, 4) is 17.2 Å². The van der Waals surface area contributed by atoms with Crippen LogP contribution in [0.3, 0.4) is 0 Å². The first-order valence-electron chi connectivity index (χ1n) is 8.49. The van der Waals surface area contributed by atoms with Gasteiger partial charge in [0.2, 0.25) is 0 Å². The SMILES string of the molecule is COc1ccccc1NC(=O)c1ccc(OCC(=O)NC(C)C)c(OC)c1. The van der Waals surface area contributed by atoms with Gasteiger partial charge in [-0.3, -0.25) is 9.59 Å². The molecular weight excluding hydrogens is 348 g/mol. The van der Waals surface area contributed by atoms with E-state index < -0.39 is 0 Å². The molecule has 0 saturated heterocycles. The number of hydrogen-bond donors (Lipinski definition) is 2. The lowest BCUT2D eigenvalue weighted by molar-refractivity contribution is -0.123. The average molecular weight is 372 g/mol. The molecule has 0 heterocycles. The van der Waals surface area contributed by atoms with Crippen molar-refractivity contribution in [3.05, 3.63) is 48.0 Å². The van der Waals surface area contributed by atoms with E-state index in [-0.39, 0.29) is 24.5 Å². The Bertz CT molecular complexity index is 805. The molecule has 0 atom stereocenters. The molecule has 0 aromatic heterocycles. The first kappa shape index (κ1) is 20.1. The van der Waals surface area contributed by atoms with E-state index in [1.165, 1.54) is 14.2 Å². The number of rotatable bonds is 8. The van der Waals surface area contributed by atoms with E-state index in [2.05, 4.69) is 10.6 Å². The Kier molecular flexibility index (Phi) is 7.05. The molecule has 144 valence electrons. The van der Waals surface area contributed by atoms with Crippen LogP contribution >= 0.6 is 0 Å². The minimum absolute atomic E-state index is 0.0315. The van der Waals surface area contributed by atoms with Crippen LogP contribution in [0, 0.1) is 0 Å². The summed E-state index contributed by atoms with van der Waals surface area (Å²) in [4.78, 5) is 24.2. The number of nitrogens with one attached hydrogen (secondary N) is 2. The molecule has 0 spiro atoms. The van der Waals surface area contributed by atoms with Crippen LogP contribution in [0.25, 0.3) is 0 Å². The Morgan fingerprint density at radius 2 is 1.67 bits per heavy atom. The predicted molar refractivity (Wildman–Crippen MR) is 103 cm³/mol. The maximum atomic E-state index is 12.5. The number of carbonyl (C=O) groups excluding carboxylic acids is 2. The standard InChI is InChI=1S/C20H24N2O5/c1-13(2)21-19(23)12-27-17-10-9-14(11-18(17)26-4)20(24)22-15-7-5-6-8-16(15)25-3/h5-11,13H,12H2,1-4H3,(H,21,23)(H,22,24). The smallest absolute Gasteiger partial charge is 0.258 e. The van der Waals surface area contributed by atoms with Gasteiger partial charge in [-0.15, -0.1) is 0 Å². The molecule has 2 aromatic carbocycles. The van der Waals surface area contributed by atoms with Crippen LogP contribution < -0.4 is 24.8 Å². The van der Waals surface area contributed by atoms with Crippen molar-refractivity contribution in [2.24, 2.45) is 0 Å². The summed E-state index contributed by atoms with van der Waals surface area (Å²) in [6.07, 6.45) is 0. The zero-order valence-electron chi connectivity index (χ0n) is 15.9. The van der Waals surface area contributed by atoms with Crippen molar-refractivity contribution in [1.29, 1.82) is 0 Å². The Labute approximate surface area is 158 Å². The van der Waals surface area contributed by atoms with Gasteiger partial charge in [0.25, 0.3) is 11.8 Å². The van der Waals surface area contributed by atoms with E-state index in [4.69, 9.17) is 14.2 Å². The van der Waals surface area contributed by atoms with E-state index >= 15 is 0 Å². The van der Waals surface area contributed by atoms with Gasteiger partial charge in [-0.1, -0.05) is 12.1 Å². The van der Waals surface area contributed by atoms with Crippen molar-refractivity contribution >= 4 is 17.5 Å². The molecule has 27 heavy (non-hydrogen) atoms. The second-order valence-electron chi connectivity index (χ2n) is 6.03. The predicted octanol–water partition coefficient (Wildman–Crippen LogP) is 2.86. The lowest BCUT2D eigenvalue weighted by Crippen LogP contribution is -2.34. The quantitative estimate of drug-likeness (QED) is 0.744. The summed E-state index contributed by atoms with van der Waals surface area (Å²) in [5, 5.41) is 5.53. The third-order valence-corrected chi connectivity index (χ3v) is 3.59. The minimum atomic E-state index is -0.318. The second kappa shape index (κ2) is 9.47. The zero-order chi connectivity index (χ0) is 19.8. The fourth-order valence-corrected chi connectivity index (χ4v) is 2.38. The number of hydrogen-bond acceptors (Lipinski definition) is 5. The average Bonchev–Trinajstić information content (AvgIpc) is 2.66. The van der Waals surface area contributed by atoms with Gasteiger partial charge in [-0.25, -0.2) is 0 Å². The number of carbonyl (C=O) groups is 2. The molecule has 0 fully saturated rings. The van der Waals surface area contributed by atoms with Crippen molar-refractivity contribution in [3.63, 3.8) is 0 Å². The van der Waals surface area contributed by atoms with Crippen LogP contribution in [-0.4, -0.2) is 38.7 Å². The number of ether oxygens (including phenoxy) is 3. The molecule has 0 saturated carbocycles. The van der Waals surface area contributed by atoms with Gasteiger partial charge < -0.3 is 24.8 Å². The summed E-state index contributed by atoms with van der Waals surface area (Å²) in [6, 6.07) is 11.9. The molecule has 2 amide bonds. The van der Waals surface area contributed by atoms with Crippen LogP contribution in [0.15, 0.2) is 42.5 Å². The van der Waals surface area contributed by atoms with Gasteiger partial charge in [0.15, 0.2) is 18.1 Å². The zero-order valence-corrected chi connectivity index (χ0v) is 15.9. The number of benzene rings is 2. The molecule has 7 nitrogen and oxygen atoms in total. The maximum Gasteiger partial charge on any atom is 0.258 e. The lowest BCUT2D eigenvalue weighted by Gasteiger charge is -2.14. The van der Waals surface area contributed by atoms with Crippen molar-refractivity contribution in [2.45, 2.75) is 19.9 Å². The Morgan fingerprint density at radius 1 is 0.963 bits per heavy atom. The van der Waals surface area contributed by atoms with E-state index in [0.29, 0.717) is 28.5 Å². The highest BCUT2D eigenvalue weighted by molar-refractivity contribution is 6.05. The van der Waals surface area contributed by atoms with E-state index in [1.54, 1.807) is 36.4 Å². The van der Waals surface area contributed by atoms with Crippen molar-refractivity contribution in [1.82, 2.24) is 5.32 Å². The monoisotopic (exact) mass is 372 g/mol. The largest absolute Gasteiger partial charge is 0.495 e. The van der Waals surface area contributed by atoms with Crippen LogP contribution in [0.5, 0.6) is 17.2 Å². The highest BCUT2D eigenvalue weighted by Gasteiger charge is 2.14. The molecule has 2 aromatic rings. The lowest BCUT2D eigenvalue weighted by atomic mass is 10.1. The number of amides is 2. The summed E-state index contributed by atoms with van der Waals surface area (Å²) in [5.74, 6) is 0.756. The molecule has 0 bridgehead atoms. The summed E-state index contributed by atoms with van der Waals surface area (Å²) >= 11 is 0. The summed E-state index contributed by atoms with van der Waals surface area (Å²) in [6.45, 7) is 3.60. The first-order valence-corrected chi connectivity index (χ1v) is 8.49. The topological polar surface area (TPSA) is 85.9 Å². The highest BCUT2D eigenvalue weighted by Crippen LogP contribution is 2.29. The molecule has 0 aliphatic rings. The van der Waals surface area contributed by atoms with Crippen LogP contribution in [-0.2, 0) is 4.79 Å². The van der Waals surface area contributed by atoms with E-state index in [0.717, 1.165) is 0 Å². The van der Waals surface area contributed by atoms with Gasteiger partial charge in [-0.2, -0.15) is 0 Å². The molecular formula is C20H24N2O5. The number of methoxy groups -OCH3 is 2. The fraction of sp³-hybridized carbons (Fsp3) is 0.300. The summed E-state index contributed by atoms with van der Waals surface area (Å²) < 4.78 is 16.0. The van der Waals surface area contributed by atoms with Crippen LogP contribution in [0.1, 0.15) is 24.2 Å². The van der Waals surface area contributed by atoms with E-state index in [9.17, 15) is 9.59 Å². The van der Waals surface area contributed by atoms with Gasteiger partial charge in [0.1, 0.15) is 5.75 Å². The van der Waals surface area contributed by atoms with E-state index in [1.807, 2.05) is 19.9 Å². The Balaban J connectivity index is 2.10. The summed E-state index contributed by atoms with van der Waals surface area (Å²) in [5.41, 5.74) is 0.950. The molecule has 2 rings (SSSR count). The molecule has 7 heteroatoms. The molecule has 0 aliphatic carbocycles. The van der Waals surface area contributed by atoms with Crippen LogP contribution in [0.4, 0.5) is 5.69 Å². The van der Waals surface area contributed by atoms with Gasteiger partial charge in [-0.05, 0) is 44.2 Å². The van der Waals surface area contributed by atoms with Crippen molar-refractivity contribution in [2.75, 3.05) is 26.1 Å². The third-order valence-electron chi connectivity index (χ3n) is 3.59.